The van der Waals surface area contributed by atoms with E-state index in [0.29, 0.717) is 28.4 Å². The maximum Gasteiger partial charge on any atom is 0.185 e. The molecule has 442 valence electrons. The van der Waals surface area contributed by atoms with Crippen LogP contribution in [0.3, 0.4) is 0 Å². The zero-order valence-corrected chi connectivity index (χ0v) is 53.6. The van der Waals surface area contributed by atoms with Gasteiger partial charge >= 0.3 is 0 Å². The zero-order valence-electron chi connectivity index (χ0n) is 65.6. The predicted molar refractivity (Wildman–Crippen MR) is 379 cm³/mol. The van der Waals surface area contributed by atoms with Gasteiger partial charge in [-0.2, -0.15) is 0 Å². The second kappa shape index (κ2) is 21.2. The van der Waals surface area contributed by atoms with Crippen LogP contribution in [0.5, 0.6) is 11.5 Å². The summed E-state index contributed by atoms with van der Waals surface area (Å²) >= 11 is 0. The van der Waals surface area contributed by atoms with Gasteiger partial charge in [-0.15, -0.1) is 0 Å². The molecular formula is C83H80N4OSi. The van der Waals surface area contributed by atoms with E-state index in [9.17, 15) is 2.74 Å². The average Bonchev–Trinajstić information content (AvgIpc) is 1.46. The van der Waals surface area contributed by atoms with E-state index in [1.807, 2.05) is 83.8 Å². The largest absolute Gasteiger partial charge is 0.457 e. The van der Waals surface area contributed by atoms with E-state index >= 15 is 0 Å². The van der Waals surface area contributed by atoms with Gasteiger partial charge in [0.25, 0.3) is 0 Å². The quantitative estimate of drug-likeness (QED) is 0.142. The summed E-state index contributed by atoms with van der Waals surface area (Å²) in [5.41, 5.74) is 12.4. The number of pyridine rings is 1. The summed E-state index contributed by atoms with van der Waals surface area (Å²) in [6.45, 7) is 23.9. The van der Waals surface area contributed by atoms with Crippen LogP contribution in [-0.4, -0.2) is 19.7 Å². The van der Waals surface area contributed by atoms with Gasteiger partial charge in [0.2, 0.25) is 0 Å². The topological polar surface area (TPSA) is 31.8 Å². The molecule has 10 aromatic carbocycles. The maximum absolute atomic E-state index is 9.40. The number of fused-ring (bicyclic) bond motifs is 10. The molecule has 89 heavy (non-hydrogen) atoms. The number of aryl methyl sites for hydroxylation is 1. The van der Waals surface area contributed by atoms with Crippen molar-refractivity contribution in [2.24, 2.45) is 0 Å². The SMILES string of the molecule is [2H]c1c([2H])c([2H])c(-c2cnc(N3c4ccccc4[Si]4(c5ccc(C(C)(C)C)cc5-c5cc(C(C)(C)C)ccc54)c4ccc(Oc5cccc(N6CN(c7c(-c8cc(C(C)(C)C)cc(C(C)(C)C)c8)cccc7-c7c([2H])c([2H])c([2H])c([2H])c7[2H])c7ccccc76)c5)cc43)cc2C([2H])([2H])[2H])c([2H])c1[2H]. The summed E-state index contributed by atoms with van der Waals surface area (Å²) in [5.74, 6) is 1.19. The number of hydrogen-bond acceptors (Lipinski definition) is 5. The van der Waals surface area contributed by atoms with Gasteiger partial charge in [-0.25, -0.2) is 4.98 Å². The van der Waals surface area contributed by atoms with E-state index in [2.05, 4.69) is 178 Å². The molecular weight excluding hydrogens is 1100 g/mol. The number of rotatable bonds is 8. The number of benzene rings is 10. The van der Waals surface area contributed by atoms with E-state index in [1.54, 1.807) is 0 Å². The first-order valence-corrected chi connectivity index (χ1v) is 32.6. The van der Waals surface area contributed by atoms with Crippen LogP contribution in [0, 0.1) is 6.85 Å². The summed E-state index contributed by atoms with van der Waals surface area (Å²) in [5, 5.41) is 4.46. The molecule has 0 saturated carbocycles. The Labute approximate surface area is 547 Å². The molecule has 0 atom stereocenters. The van der Waals surface area contributed by atoms with E-state index in [1.165, 1.54) is 33.8 Å². The number of ether oxygens (including phenoxy) is 1. The van der Waals surface area contributed by atoms with Crippen LogP contribution in [0.2, 0.25) is 0 Å². The number of aromatic nitrogens is 1. The fourth-order valence-electron chi connectivity index (χ4n) is 13.4. The average molecular weight is 1190 g/mol. The highest BCUT2D eigenvalue weighted by Gasteiger charge is 2.55. The normalized spacial score (nSPS) is 16.3. The van der Waals surface area contributed by atoms with Crippen LogP contribution >= 0.6 is 0 Å². The van der Waals surface area contributed by atoms with Crippen molar-refractivity contribution in [2.75, 3.05) is 21.4 Å². The Morgan fingerprint density at radius 2 is 0.933 bits per heavy atom. The lowest BCUT2D eigenvalue weighted by Gasteiger charge is -2.43. The molecule has 6 heteroatoms. The van der Waals surface area contributed by atoms with E-state index in [0.717, 1.165) is 66.5 Å². The smallest absolute Gasteiger partial charge is 0.185 e. The second-order valence-electron chi connectivity index (χ2n) is 28.0. The Morgan fingerprint density at radius 1 is 0.416 bits per heavy atom. The molecule has 1 aromatic heterocycles. The molecule has 0 saturated heterocycles. The Kier molecular flexibility index (Phi) is 10.6. The molecule has 5 nitrogen and oxygen atoms in total. The van der Waals surface area contributed by atoms with Crippen molar-refractivity contribution in [1.82, 2.24) is 4.98 Å². The Balaban J connectivity index is 0.947. The summed E-state index contributed by atoms with van der Waals surface area (Å²) in [6, 6.07) is 53.4. The van der Waals surface area contributed by atoms with Gasteiger partial charge in [-0.1, -0.05) is 259 Å². The fourth-order valence-corrected chi connectivity index (χ4v) is 18.8. The Bertz CT molecular complexity index is 5180. The van der Waals surface area contributed by atoms with Gasteiger partial charge < -0.3 is 14.5 Å². The molecule has 0 unspecified atom stereocenters. The lowest BCUT2D eigenvalue weighted by molar-refractivity contribution is 0.483. The van der Waals surface area contributed by atoms with Crippen molar-refractivity contribution in [3.8, 4) is 56.0 Å². The molecule has 0 radical (unpaired) electrons. The van der Waals surface area contributed by atoms with Crippen molar-refractivity contribution in [3.63, 3.8) is 0 Å². The first-order valence-electron chi connectivity index (χ1n) is 37.1. The van der Waals surface area contributed by atoms with Crippen LogP contribution in [0.25, 0.3) is 44.5 Å². The van der Waals surface area contributed by atoms with Gasteiger partial charge in [0.05, 0.1) is 36.5 Å². The lowest BCUT2D eigenvalue weighted by Crippen LogP contribution is -2.75. The second-order valence-corrected chi connectivity index (χ2v) is 31.6. The van der Waals surface area contributed by atoms with Gasteiger partial charge in [0.15, 0.2) is 8.07 Å². The van der Waals surface area contributed by atoms with Gasteiger partial charge in [-0.3, -0.25) is 4.90 Å². The monoisotopic (exact) mass is 1190 g/mol. The molecule has 0 aliphatic carbocycles. The standard InChI is InChI=1S/C83H80N4OSi/c1-54-44-78(84-52-69(54)56-28-18-15-19-29-56)87-72-36-22-23-37-76(72)89(74-41-38-58(80(2,3)4)48-67(74)68-49-59(81(5,6)7)39-42-75(68)89)77-43-40-64(51-73(77)87)88-63-31-24-30-62(50-63)85-53-86(71-35-21-20-34-70(71)85)79-65(55-26-16-14-17-27-55)32-25-33-66(79)57-45-60(82(8,9)10)47-61(46-57)83(11,12)13/h14-52H,53H2,1-13H3/i1D3,14D,15D,16D,17D,18D,19D,26D,27D,28D,29D. The first-order chi connectivity index (χ1) is 47.9. The van der Waals surface area contributed by atoms with E-state index in [4.69, 9.17) is 24.8 Å². The highest BCUT2D eigenvalue weighted by atomic mass is 28.3. The van der Waals surface area contributed by atoms with Crippen molar-refractivity contribution in [3.05, 3.63) is 264 Å². The van der Waals surface area contributed by atoms with Crippen molar-refractivity contribution in [2.45, 2.75) is 112 Å². The third kappa shape index (κ3) is 9.88. The van der Waals surface area contributed by atoms with Gasteiger partial charge in [-0.05, 0) is 147 Å². The maximum atomic E-state index is 9.40. The lowest BCUT2D eigenvalue weighted by atomic mass is 9.78. The number of nitrogens with zero attached hydrogens (tertiary/aromatic N) is 4. The van der Waals surface area contributed by atoms with Gasteiger partial charge in [0, 0.05) is 50.5 Å². The Hall–Kier alpha value is -9.23. The summed E-state index contributed by atoms with van der Waals surface area (Å²) < 4.78 is 123. The Morgan fingerprint density at radius 3 is 1.53 bits per heavy atom. The molecule has 0 bridgehead atoms. The highest BCUT2D eigenvalue weighted by molar-refractivity contribution is 7.23. The molecule has 1 spiro atoms. The third-order valence-corrected chi connectivity index (χ3v) is 23.0. The van der Waals surface area contributed by atoms with Gasteiger partial charge in [0.1, 0.15) is 24.0 Å². The molecule has 0 N–H and O–H groups in total. The molecule has 0 fully saturated rings. The minimum atomic E-state index is -3.39. The summed E-state index contributed by atoms with van der Waals surface area (Å²) in [7, 11) is -3.39. The van der Waals surface area contributed by atoms with Crippen LogP contribution in [0.1, 0.15) is 129 Å². The summed E-state index contributed by atoms with van der Waals surface area (Å²) in [4.78, 5) is 11.4. The number of hydrogen-bond donors (Lipinski definition) is 0. The molecule has 14 rings (SSSR count). The predicted octanol–water partition coefficient (Wildman–Crippen LogP) is 19.8. The third-order valence-electron chi connectivity index (χ3n) is 18.1. The van der Waals surface area contributed by atoms with E-state index < -0.39 is 63.3 Å². The molecule has 11 aromatic rings. The number of para-hydroxylation sites is 4. The minimum Gasteiger partial charge on any atom is -0.457 e. The molecule has 3 aliphatic rings. The van der Waals surface area contributed by atoms with Crippen LogP contribution in [0.15, 0.2) is 236 Å². The zero-order chi connectivity index (χ0) is 73.1. The van der Waals surface area contributed by atoms with Crippen molar-refractivity contribution >= 4 is 68.8 Å². The van der Waals surface area contributed by atoms with Crippen LogP contribution < -0.4 is 40.2 Å². The minimum absolute atomic E-state index is 0.0949. The van der Waals surface area contributed by atoms with Crippen molar-refractivity contribution in [1.29, 1.82) is 0 Å². The molecule has 4 heterocycles. The van der Waals surface area contributed by atoms with E-state index in [-0.39, 0.29) is 68.5 Å². The van der Waals surface area contributed by atoms with Crippen LogP contribution in [-0.2, 0) is 21.7 Å². The molecule has 0 amide bonds. The fraction of sp³-hybridized carbons (Fsp3) is 0.217. The first kappa shape index (κ1) is 44.2. The van der Waals surface area contributed by atoms with Crippen molar-refractivity contribution < 1.29 is 22.6 Å². The number of anilines is 7. The molecule has 3 aliphatic heterocycles. The van der Waals surface area contributed by atoms with Crippen LogP contribution in [0.4, 0.5) is 39.9 Å². The highest BCUT2D eigenvalue weighted by Crippen LogP contribution is 2.52. The summed E-state index contributed by atoms with van der Waals surface area (Å²) in [6.07, 6.45) is 1.32.